The molecule has 2 aliphatic carbocycles. The van der Waals surface area contributed by atoms with Crippen molar-refractivity contribution >= 4 is 0 Å². The molecule has 0 aromatic carbocycles. The first-order valence-corrected chi connectivity index (χ1v) is 5.21. The highest BCUT2D eigenvalue weighted by Gasteiger charge is 2.66. The van der Waals surface area contributed by atoms with E-state index >= 15 is 0 Å². The minimum Gasteiger partial charge on any atom is -0.480 e. The van der Waals surface area contributed by atoms with Crippen LogP contribution < -0.4 is 0 Å². The third kappa shape index (κ3) is 0.699. The quantitative estimate of drug-likeness (QED) is 0.584. The highest BCUT2D eigenvalue weighted by Crippen LogP contribution is 2.68. The van der Waals surface area contributed by atoms with Gasteiger partial charge in [0, 0.05) is 6.42 Å². The van der Waals surface area contributed by atoms with E-state index in [1.807, 2.05) is 0 Å². The molecular formula is C11H16O. The Morgan fingerprint density at radius 2 is 2.42 bits per heavy atom. The van der Waals surface area contributed by atoms with E-state index in [1.54, 1.807) is 0 Å². The van der Waals surface area contributed by atoms with Gasteiger partial charge in [-0.15, -0.1) is 0 Å². The molecule has 66 valence electrons. The first-order chi connectivity index (χ1) is 5.79. The molecule has 1 spiro atoms. The van der Waals surface area contributed by atoms with Gasteiger partial charge in [-0.05, 0) is 30.8 Å². The molecule has 0 N–H and O–H groups in total. The van der Waals surface area contributed by atoms with Crippen molar-refractivity contribution in [2.45, 2.75) is 51.0 Å². The standard InChI is InChI=1S/C11H16O/c1-2-3-4-10-5-6-11(8-10)9(7-10)12-11/h7H,2-6,8H2,1H3. The summed E-state index contributed by atoms with van der Waals surface area (Å²) in [4.78, 5) is 0. The molecule has 1 heterocycles. The molecule has 2 atom stereocenters. The SMILES string of the molecule is CCCCC12C=C3OC3(CC1)C2. The Morgan fingerprint density at radius 1 is 1.50 bits per heavy atom. The normalized spacial score (nSPS) is 46.9. The van der Waals surface area contributed by atoms with Crippen molar-refractivity contribution < 1.29 is 4.74 Å². The van der Waals surface area contributed by atoms with Crippen molar-refractivity contribution in [2.75, 3.05) is 0 Å². The Hall–Kier alpha value is -0.460. The van der Waals surface area contributed by atoms with Gasteiger partial charge in [0.2, 0.25) is 0 Å². The lowest BCUT2D eigenvalue weighted by Gasteiger charge is -2.22. The van der Waals surface area contributed by atoms with E-state index in [1.165, 1.54) is 44.3 Å². The van der Waals surface area contributed by atoms with Gasteiger partial charge in [-0.3, -0.25) is 0 Å². The summed E-state index contributed by atoms with van der Waals surface area (Å²) in [6, 6.07) is 0. The lowest BCUT2D eigenvalue weighted by molar-refractivity contribution is 0.265. The molecule has 0 aromatic heterocycles. The van der Waals surface area contributed by atoms with Crippen molar-refractivity contribution in [3.63, 3.8) is 0 Å². The van der Waals surface area contributed by atoms with Crippen LogP contribution >= 0.6 is 0 Å². The van der Waals surface area contributed by atoms with E-state index in [9.17, 15) is 0 Å². The summed E-state index contributed by atoms with van der Waals surface area (Å²) in [5, 5.41) is 0. The van der Waals surface area contributed by atoms with Gasteiger partial charge in [0.1, 0.15) is 5.76 Å². The largest absolute Gasteiger partial charge is 0.480 e. The van der Waals surface area contributed by atoms with Gasteiger partial charge in [-0.2, -0.15) is 0 Å². The lowest BCUT2D eigenvalue weighted by Crippen LogP contribution is -2.12. The Kier molecular flexibility index (Phi) is 1.10. The number of hydrogen-bond donors (Lipinski definition) is 0. The summed E-state index contributed by atoms with van der Waals surface area (Å²) in [7, 11) is 0. The molecule has 1 saturated heterocycles. The van der Waals surface area contributed by atoms with Gasteiger partial charge in [0.25, 0.3) is 0 Å². The number of ether oxygens (including phenoxy) is 1. The molecule has 2 unspecified atom stereocenters. The monoisotopic (exact) mass is 164 g/mol. The smallest absolute Gasteiger partial charge is 0.166 e. The summed E-state index contributed by atoms with van der Waals surface area (Å²) in [5.41, 5.74) is 0.886. The van der Waals surface area contributed by atoms with Crippen molar-refractivity contribution in [1.29, 1.82) is 0 Å². The molecular weight excluding hydrogens is 148 g/mol. The number of fused-ring (bicyclic) bond motifs is 1. The summed E-state index contributed by atoms with van der Waals surface area (Å²) in [5.74, 6) is 1.34. The maximum Gasteiger partial charge on any atom is 0.166 e. The van der Waals surface area contributed by atoms with Crippen molar-refractivity contribution in [2.24, 2.45) is 5.41 Å². The van der Waals surface area contributed by atoms with Gasteiger partial charge in [0.15, 0.2) is 5.60 Å². The molecule has 1 aliphatic heterocycles. The molecule has 1 heteroatoms. The molecule has 3 rings (SSSR count). The second-order valence-electron chi connectivity index (χ2n) is 4.75. The van der Waals surface area contributed by atoms with Gasteiger partial charge in [-0.25, -0.2) is 0 Å². The van der Waals surface area contributed by atoms with Crippen LogP contribution in [0, 0.1) is 5.41 Å². The van der Waals surface area contributed by atoms with Crippen LogP contribution in [0.25, 0.3) is 0 Å². The van der Waals surface area contributed by atoms with Crippen LogP contribution in [0.15, 0.2) is 11.8 Å². The highest BCUT2D eigenvalue weighted by atomic mass is 16.6. The number of unbranched alkanes of at least 4 members (excludes halogenated alkanes) is 1. The summed E-state index contributed by atoms with van der Waals surface area (Å²) < 4.78 is 5.60. The van der Waals surface area contributed by atoms with Crippen LogP contribution in [-0.2, 0) is 4.74 Å². The molecule has 1 saturated carbocycles. The first kappa shape index (κ1) is 6.99. The summed E-state index contributed by atoms with van der Waals surface area (Å²) in [6.45, 7) is 2.28. The van der Waals surface area contributed by atoms with Crippen LogP contribution in [0.4, 0.5) is 0 Å². The van der Waals surface area contributed by atoms with Crippen molar-refractivity contribution in [3.05, 3.63) is 11.8 Å². The second-order valence-corrected chi connectivity index (χ2v) is 4.75. The first-order valence-electron chi connectivity index (χ1n) is 5.21. The zero-order valence-electron chi connectivity index (χ0n) is 7.73. The fourth-order valence-corrected chi connectivity index (χ4v) is 3.06. The predicted molar refractivity (Wildman–Crippen MR) is 47.7 cm³/mol. The molecule has 0 aromatic rings. The van der Waals surface area contributed by atoms with Gasteiger partial charge in [0.05, 0.1) is 0 Å². The topological polar surface area (TPSA) is 12.5 Å². The summed E-state index contributed by atoms with van der Waals surface area (Å²) in [6.07, 6.45) is 10.6. The fraction of sp³-hybridized carbons (Fsp3) is 0.818. The zero-order chi connectivity index (χ0) is 8.23. The second kappa shape index (κ2) is 1.89. The highest BCUT2D eigenvalue weighted by molar-refractivity contribution is 5.39. The minimum absolute atomic E-state index is 0.299. The molecule has 0 radical (unpaired) electrons. The van der Waals surface area contributed by atoms with Crippen LogP contribution in [0.3, 0.4) is 0 Å². The predicted octanol–water partition coefficient (Wildman–Crippen LogP) is 3.01. The third-order valence-corrected chi connectivity index (χ3v) is 3.84. The van der Waals surface area contributed by atoms with Crippen LogP contribution in [0.1, 0.15) is 45.4 Å². The number of allylic oxidation sites excluding steroid dienone is 1. The molecule has 2 bridgehead atoms. The molecule has 2 fully saturated rings. The van der Waals surface area contributed by atoms with Crippen molar-refractivity contribution in [3.8, 4) is 0 Å². The van der Waals surface area contributed by atoms with Gasteiger partial charge in [-0.1, -0.05) is 19.8 Å². The van der Waals surface area contributed by atoms with Gasteiger partial charge < -0.3 is 4.74 Å². The minimum atomic E-state index is 0.299. The third-order valence-electron chi connectivity index (χ3n) is 3.84. The maximum atomic E-state index is 5.60. The Bertz CT molecular complexity index is 256. The fourth-order valence-electron chi connectivity index (χ4n) is 3.06. The van der Waals surface area contributed by atoms with Crippen LogP contribution in [0.5, 0.6) is 0 Å². The zero-order valence-corrected chi connectivity index (χ0v) is 7.73. The molecule has 12 heavy (non-hydrogen) atoms. The average molecular weight is 164 g/mol. The van der Waals surface area contributed by atoms with E-state index < -0.39 is 0 Å². The number of hydrogen-bond acceptors (Lipinski definition) is 1. The Labute approximate surface area is 73.8 Å². The van der Waals surface area contributed by atoms with Crippen LogP contribution in [0.2, 0.25) is 0 Å². The van der Waals surface area contributed by atoms with Crippen LogP contribution in [-0.4, -0.2) is 5.60 Å². The van der Waals surface area contributed by atoms with Gasteiger partial charge >= 0.3 is 0 Å². The maximum absolute atomic E-state index is 5.60. The molecule has 1 nitrogen and oxygen atoms in total. The van der Waals surface area contributed by atoms with E-state index in [0.29, 0.717) is 11.0 Å². The lowest BCUT2D eigenvalue weighted by atomic mass is 9.82. The molecule has 3 aliphatic rings. The average Bonchev–Trinajstić information content (AvgIpc) is 2.50. The Morgan fingerprint density at radius 3 is 3.00 bits per heavy atom. The Balaban J connectivity index is 1.78. The van der Waals surface area contributed by atoms with E-state index in [4.69, 9.17) is 4.74 Å². The van der Waals surface area contributed by atoms with E-state index in [2.05, 4.69) is 13.0 Å². The number of rotatable bonds is 3. The van der Waals surface area contributed by atoms with Crippen molar-refractivity contribution in [1.82, 2.24) is 0 Å². The molecule has 0 amide bonds. The summed E-state index contributed by atoms with van der Waals surface area (Å²) >= 11 is 0. The van der Waals surface area contributed by atoms with E-state index in [-0.39, 0.29) is 0 Å². The van der Waals surface area contributed by atoms with E-state index in [0.717, 1.165) is 0 Å². The number of epoxide rings is 1.